The van der Waals surface area contributed by atoms with Gasteiger partial charge in [-0.2, -0.15) is 0 Å². The van der Waals surface area contributed by atoms with E-state index in [0.29, 0.717) is 6.04 Å². The molecule has 1 atom stereocenters. The molecule has 3 rings (SSSR count). The fraction of sp³-hybridized carbons (Fsp3) is 0.700. The normalized spacial score (nSPS) is 23.7. The van der Waals surface area contributed by atoms with Gasteiger partial charge in [-0.25, -0.2) is 0 Å². The van der Waals surface area contributed by atoms with Gasteiger partial charge in [-0.3, -0.25) is 9.80 Å². The molecule has 1 aromatic rings. The van der Waals surface area contributed by atoms with Gasteiger partial charge in [-0.1, -0.05) is 24.6 Å². The lowest BCUT2D eigenvalue weighted by molar-refractivity contribution is 0.130. The van der Waals surface area contributed by atoms with Crippen LogP contribution in [-0.2, 0) is 6.54 Å². The summed E-state index contributed by atoms with van der Waals surface area (Å²) in [7, 11) is 2.19. The van der Waals surface area contributed by atoms with Crippen molar-refractivity contribution in [3.63, 3.8) is 0 Å². The number of benzene rings is 1. The van der Waals surface area contributed by atoms with Crippen LogP contribution in [0.3, 0.4) is 0 Å². The monoisotopic (exact) mass is 346 g/mol. The van der Waals surface area contributed by atoms with E-state index in [4.69, 9.17) is 10.5 Å². The van der Waals surface area contributed by atoms with E-state index in [0.717, 1.165) is 64.7 Å². The van der Waals surface area contributed by atoms with E-state index in [1.165, 1.54) is 24.8 Å². The first-order valence-electron chi connectivity index (χ1n) is 9.82. The Balaban J connectivity index is 1.52. The zero-order valence-corrected chi connectivity index (χ0v) is 15.7. The minimum atomic E-state index is 0.521. The second-order valence-corrected chi connectivity index (χ2v) is 7.46. The number of likely N-dealkylation sites (tertiary alicyclic amines) is 1. The first kappa shape index (κ1) is 18.6. The highest BCUT2D eigenvalue weighted by Crippen LogP contribution is 2.24. The molecule has 1 aromatic carbocycles. The number of hydrogen-bond acceptors (Lipinski definition) is 5. The van der Waals surface area contributed by atoms with Crippen molar-refractivity contribution < 1.29 is 4.74 Å². The average Bonchev–Trinajstić information content (AvgIpc) is 2.65. The Labute approximate surface area is 152 Å². The van der Waals surface area contributed by atoms with Gasteiger partial charge in [-0.05, 0) is 32.5 Å². The summed E-state index contributed by atoms with van der Waals surface area (Å²) in [6.07, 6.45) is 3.81. The fourth-order valence-corrected chi connectivity index (χ4v) is 3.89. The van der Waals surface area contributed by atoms with Crippen molar-refractivity contribution in [2.45, 2.75) is 31.8 Å². The lowest BCUT2D eigenvalue weighted by atomic mass is 10.0. The van der Waals surface area contributed by atoms with E-state index >= 15 is 0 Å². The molecule has 0 aliphatic carbocycles. The topological polar surface area (TPSA) is 45.0 Å². The van der Waals surface area contributed by atoms with E-state index in [9.17, 15) is 0 Å². The van der Waals surface area contributed by atoms with Crippen molar-refractivity contribution in [3.8, 4) is 5.75 Å². The number of nitrogens with zero attached hydrogens (tertiary/aromatic N) is 3. The van der Waals surface area contributed by atoms with Crippen LogP contribution in [0.15, 0.2) is 24.3 Å². The van der Waals surface area contributed by atoms with Crippen LogP contribution in [0.5, 0.6) is 5.75 Å². The Morgan fingerprint density at radius 1 is 1.08 bits per heavy atom. The second-order valence-electron chi connectivity index (χ2n) is 7.46. The summed E-state index contributed by atoms with van der Waals surface area (Å²) in [5.74, 6) is 1.04. The molecule has 0 radical (unpaired) electrons. The molecule has 0 saturated carbocycles. The molecule has 5 nitrogen and oxygen atoms in total. The highest BCUT2D eigenvalue weighted by atomic mass is 16.5. The lowest BCUT2D eigenvalue weighted by Gasteiger charge is -2.35. The standard InChI is InChI=1S/C20H34N4O/c1-22-10-12-23(13-11-22)14-15-25-20-8-3-2-6-18(20)17-24-9-5-4-7-19(24)16-21/h2-3,6,8,19H,4-5,7,9-17,21H2,1H3/t19-/m1/s1. The molecule has 2 aliphatic rings. The molecule has 0 unspecified atom stereocenters. The predicted octanol–water partition coefficient (Wildman–Crippen LogP) is 1.63. The van der Waals surface area contributed by atoms with Gasteiger partial charge in [0.25, 0.3) is 0 Å². The van der Waals surface area contributed by atoms with Crippen LogP contribution in [0.25, 0.3) is 0 Å². The van der Waals surface area contributed by atoms with E-state index < -0.39 is 0 Å². The smallest absolute Gasteiger partial charge is 0.123 e. The van der Waals surface area contributed by atoms with Gasteiger partial charge in [0.15, 0.2) is 0 Å². The highest BCUT2D eigenvalue weighted by molar-refractivity contribution is 5.33. The van der Waals surface area contributed by atoms with Crippen LogP contribution < -0.4 is 10.5 Å². The largest absolute Gasteiger partial charge is 0.492 e. The van der Waals surface area contributed by atoms with Crippen LogP contribution in [-0.4, -0.2) is 80.2 Å². The number of rotatable bonds is 7. The van der Waals surface area contributed by atoms with Gasteiger partial charge in [0.2, 0.25) is 0 Å². The van der Waals surface area contributed by atoms with Gasteiger partial charge in [0.1, 0.15) is 12.4 Å². The number of para-hydroxylation sites is 1. The van der Waals surface area contributed by atoms with Crippen molar-refractivity contribution in [2.24, 2.45) is 5.73 Å². The maximum Gasteiger partial charge on any atom is 0.123 e. The van der Waals surface area contributed by atoms with E-state index in [1.807, 2.05) is 0 Å². The van der Waals surface area contributed by atoms with Crippen molar-refractivity contribution in [1.82, 2.24) is 14.7 Å². The van der Waals surface area contributed by atoms with Gasteiger partial charge in [-0.15, -0.1) is 0 Å². The summed E-state index contributed by atoms with van der Waals surface area (Å²) in [5, 5.41) is 0. The van der Waals surface area contributed by atoms with E-state index in [-0.39, 0.29) is 0 Å². The van der Waals surface area contributed by atoms with E-state index in [1.54, 1.807) is 0 Å². The number of nitrogens with two attached hydrogens (primary N) is 1. The Kier molecular flexibility index (Phi) is 7.11. The predicted molar refractivity (Wildman–Crippen MR) is 103 cm³/mol. The molecule has 0 bridgehead atoms. The minimum absolute atomic E-state index is 0.521. The van der Waals surface area contributed by atoms with Crippen molar-refractivity contribution in [1.29, 1.82) is 0 Å². The maximum absolute atomic E-state index is 6.16. The van der Waals surface area contributed by atoms with Crippen LogP contribution in [0.4, 0.5) is 0 Å². The van der Waals surface area contributed by atoms with Gasteiger partial charge < -0.3 is 15.4 Å². The first-order valence-corrected chi connectivity index (χ1v) is 9.82. The van der Waals surface area contributed by atoms with Crippen LogP contribution in [0, 0.1) is 0 Å². The number of piperazine rings is 1. The second kappa shape index (κ2) is 9.53. The molecule has 140 valence electrons. The quantitative estimate of drug-likeness (QED) is 0.813. The van der Waals surface area contributed by atoms with E-state index in [2.05, 4.69) is 46.0 Å². The third-order valence-electron chi connectivity index (χ3n) is 5.63. The molecule has 2 saturated heterocycles. The lowest BCUT2D eigenvalue weighted by Crippen LogP contribution is -2.45. The summed E-state index contributed by atoms with van der Waals surface area (Å²) >= 11 is 0. The molecule has 2 fully saturated rings. The third-order valence-corrected chi connectivity index (χ3v) is 5.63. The Morgan fingerprint density at radius 2 is 1.88 bits per heavy atom. The molecule has 0 spiro atoms. The SMILES string of the molecule is CN1CCN(CCOc2ccccc2CN2CCCC[C@@H]2CN)CC1. The van der Waals surface area contributed by atoms with Crippen molar-refractivity contribution in [3.05, 3.63) is 29.8 Å². The molecule has 5 heteroatoms. The van der Waals surface area contributed by atoms with Crippen molar-refractivity contribution >= 4 is 0 Å². The maximum atomic E-state index is 6.16. The first-order chi connectivity index (χ1) is 12.3. The molecule has 2 aliphatic heterocycles. The summed E-state index contributed by atoms with van der Waals surface area (Å²) in [6.45, 7) is 9.24. The fourth-order valence-electron chi connectivity index (χ4n) is 3.89. The minimum Gasteiger partial charge on any atom is -0.492 e. The molecular weight excluding hydrogens is 312 g/mol. The van der Waals surface area contributed by atoms with Gasteiger partial charge in [0.05, 0.1) is 0 Å². The Hall–Kier alpha value is -1.14. The molecular formula is C20H34N4O. The Bertz CT molecular complexity index is 516. The van der Waals surface area contributed by atoms with Crippen LogP contribution >= 0.6 is 0 Å². The number of hydrogen-bond donors (Lipinski definition) is 1. The third kappa shape index (κ3) is 5.42. The van der Waals surface area contributed by atoms with Gasteiger partial charge in [0, 0.05) is 57.4 Å². The molecule has 0 aromatic heterocycles. The van der Waals surface area contributed by atoms with Crippen LogP contribution in [0.2, 0.25) is 0 Å². The summed E-state index contributed by atoms with van der Waals surface area (Å²) in [5.41, 5.74) is 7.27. The number of piperidine rings is 1. The molecule has 0 amide bonds. The van der Waals surface area contributed by atoms with Crippen LogP contribution in [0.1, 0.15) is 24.8 Å². The summed E-state index contributed by atoms with van der Waals surface area (Å²) in [6, 6.07) is 9.02. The van der Waals surface area contributed by atoms with Crippen molar-refractivity contribution in [2.75, 3.05) is 59.5 Å². The summed E-state index contributed by atoms with van der Waals surface area (Å²) in [4.78, 5) is 7.42. The zero-order valence-electron chi connectivity index (χ0n) is 15.7. The Morgan fingerprint density at radius 3 is 2.68 bits per heavy atom. The molecule has 2 heterocycles. The number of ether oxygens (including phenoxy) is 1. The zero-order chi connectivity index (χ0) is 17.5. The van der Waals surface area contributed by atoms with Gasteiger partial charge >= 0.3 is 0 Å². The highest BCUT2D eigenvalue weighted by Gasteiger charge is 2.22. The number of likely N-dealkylation sites (N-methyl/N-ethyl adjacent to an activating group) is 1. The molecule has 2 N–H and O–H groups in total. The average molecular weight is 347 g/mol. The molecule has 25 heavy (non-hydrogen) atoms. The summed E-state index contributed by atoms with van der Waals surface area (Å²) < 4.78 is 6.16.